The number of amides is 1. The predicted octanol–water partition coefficient (Wildman–Crippen LogP) is 6.27. The number of carbonyl (C=O) groups excluding carboxylic acids is 1. The predicted molar refractivity (Wildman–Crippen MR) is 142 cm³/mol. The molecule has 0 aliphatic rings. The summed E-state index contributed by atoms with van der Waals surface area (Å²) in [5.41, 5.74) is 5.32. The van der Waals surface area contributed by atoms with E-state index in [4.69, 9.17) is 9.72 Å². The van der Waals surface area contributed by atoms with Crippen molar-refractivity contribution in [2.75, 3.05) is 13.2 Å². The Bertz CT molecular complexity index is 1240. The maximum Gasteiger partial charge on any atom is 0.251 e. The molecular weight excluding hydrogens is 434 g/mol. The summed E-state index contributed by atoms with van der Waals surface area (Å²) >= 11 is 0. The Morgan fingerprint density at radius 2 is 1.71 bits per heavy atom. The van der Waals surface area contributed by atoms with Crippen molar-refractivity contribution in [2.45, 2.75) is 52.5 Å². The van der Waals surface area contributed by atoms with E-state index in [1.807, 2.05) is 49.4 Å². The average Bonchev–Trinajstić information content (AvgIpc) is 3.21. The Morgan fingerprint density at radius 1 is 0.886 bits per heavy atom. The van der Waals surface area contributed by atoms with E-state index in [2.05, 4.69) is 47.1 Å². The molecule has 4 aromatic rings. The van der Waals surface area contributed by atoms with Gasteiger partial charge in [-0.15, -0.1) is 0 Å². The first kappa shape index (κ1) is 24.5. The van der Waals surface area contributed by atoms with Gasteiger partial charge < -0.3 is 14.6 Å². The molecule has 1 N–H and O–H groups in total. The molecule has 0 spiro atoms. The fourth-order valence-electron chi connectivity index (χ4n) is 4.28. The van der Waals surface area contributed by atoms with E-state index < -0.39 is 0 Å². The van der Waals surface area contributed by atoms with Gasteiger partial charge in [-0.2, -0.15) is 0 Å². The Balaban J connectivity index is 1.24. The number of benzene rings is 3. The van der Waals surface area contributed by atoms with Crippen LogP contribution in [0, 0.1) is 13.8 Å². The van der Waals surface area contributed by atoms with Gasteiger partial charge in [0, 0.05) is 25.1 Å². The number of rotatable bonds is 12. The highest BCUT2D eigenvalue weighted by Crippen LogP contribution is 2.19. The molecule has 0 atom stereocenters. The average molecular weight is 470 g/mol. The van der Waals surface area contributed by atoms with Gasteiger partial charge in [-0.25, -0.2) is 4.98 Å². The van der Waals surface area contributed by atoms with E-state index in [1.165, 1.54) is 11.1 Å². The van der Waals surface area contributed by atoms with Crippen LogP contribution < -0.4 is 10.1 Å². The highest BCUT2D eigenvalue weighted by molar-refractivity contribution is 5.94. The number of aromatic nitrogens is 2. The van der Waals surface area contributed by atoms with Gasteiger partial charge in [0.05, 0.1) is 17.6 Å². The van der Waals surface area contributed by atoms with Crippen molar-refractivity contribution in [1.29, 1.82) is 0 Å². The van der Waals surface area contributed by atoms with Crippen molar-refractivity contribution in [3.8, 4) is 5.75 Å². The Morgan fingerprint density at radius 3 is 2.54 bits per heavy atom. The van der Waals surface area contributed by atoms with Crippen LogP contribution in [-0.2, 0) is 13.0 Å². The van der Waals surface area contributed by atoms with E-state index in [9.17, 15) is 4.79 Å². The van der Waals surface area contributed by atoms with Gasteiger partial charge in [0.15, 0.2) is 0 Å². The first-order chi connectivity index (χ1) is 17.1. The third-order valence-corrected chi connectivity index (χ3v) is 6.19. The van der Waals surface area contributed by atoms with Gasteiger partial charge in [0.1, 0.15) is 11.6 Å². The molecule has 0 aliphatic carbocycles. The fraction of sp³-hybridized carbons (Fsp3) is 0.333. The minimum atomic E-state index is -0.000301. The highest BCUT2D eigenvalue weighted by Gasteiger charge is 2.10. The molecule has 35 heavy (non-hydrogen) atoms. The summed E-state index contributed by atoms with van der Waals surface area (Å²) in [4.78, 5) is 17.2. The lowest BCUT2D eigenvalue weighted by atomic mass is 10.1. The summed E-state index contributed by atoms with van der Waals surface area (Å²) in [6.45, 7) is 6.35. The van der Waals surface area contributed by atoms with Crippen molar-refractivity contribution in [1.82, 2.24) is 14.9 Å². The molecule has 0 saturated carbocycles. The van der Waals surface area contributed by atoms with Crippen LogP contribution in [0.5, 0.6) is 5.75 Å². The van der Waals surface area contributed by atoms with Gasteiger partial charge in [-0.05, 0) is 75.1 Å². The number of nitrogens with one attached hydrogen (secondary N) is 1. The van der Waals surface area contributed by atoms with Crippen LogP contribution in [0.25, 0.3) is 11.0 Å². The molecule has 182 valence electrons. The molecule has 1 amide bonds. The van der Waals surface area contributed by atoms with Crippen molar-refractivity contribution < 1.29 is 9.53 Å². The van der Waals surface area contributed by atoms with Crippen LogP contribution >= 0.6 is 0 Å². The van der Waals surface area contributed by atoms with E-state index >= 15 is 0 Å². The van der Waals surface area contributed by atoms with Crippen LogP contribution in [0.3, 0.4) is 0 Å². The molecule has 4 rings (SSSR count). The lowest BCUT2D eigenvalue weighted by Crippen LogP contribution is -2.24. The molecule has 1 heterocycles. The van der Waals surface area contributed by atoms with Crippen molar-refractivity contribution >= 4 is 16.9 Å². The normalized spacial score (nSPS) is 11.0. The minimum Gasteiger partial charge on any atom is -0.494 e. The van der Waals surface area contributed by atoms with E-state index in [0.717, 1.165) is 66.9 Å². The summed E-state index contributed by atoms with van der Waals surface area (Å²) in [5, 5.41) is 3.03. The number of hydrogen-bond donors (Lipinski definition) is 1. The molecule has 0 fully saturated rings. The largest absolute Gasteiger partial charge is 0.494 e. The Kier molecular flexibility index (Phi) is 8.55. The third kappa shape index (κ3) is 6.95. The number of imidazole rings is 1. The second-order valence-electron chi connectivity index (χ2n) is 9.12. The highest BCUT2D eigenvalue weighted by atomic mass is 16.5. The number of fused-ring (bicyclic) bond motifs is 1. The van der Waals surface area contributed by atoms with E-state index in [1.54, 1.807) is 0 Å². The summed E-state index contributed by atoms with van der Waals surface area (Å²) in [6.07, 6.45) is 4.91. The monoisotopic (exact) mass is 469 g/mol. The van der Waals surface area contributed by atoms with Gasteiger partial charge in [0.2, 0.25) is 0 Å². The minimum absolute atomic E-state index is 0.000301. The van der Waals surface area contributed by atoms with E-state index in [-0.39, 0.29) is 5.91 Å². The van der Waals surface area contributed by atoms with Crippen LogP contribution in [0.1, 0.15) is 53.0 Å². The van der Waals surface area contributed by atoms with Gasteiger partial charge in [-0.3, -0.25) is 4.79 Å². The first-order valence-corrected chi connectivity index (χ1v) is 12.6. The number of aryl methyl sites for hydroxylation is 4. The molecule has 5 heteroatoms. The second-order valence-corrected chi connectivity index (χ2v) is 9.12. The Hall–Kier alpha value is -3.60. The fourth-order valence-corrected chi connectivity index (χ4v) is 4.28. The lowest BCUT2D eigenvalue weighted by molar-refractivity contribution is 0.0953. The maximum absolute atomic E-state index is 12.3. The first-order valence-electron chi connectivity index (χ1n) is 12.6. The quantitative estimate of drug-likeness (QED) is 0.249. The number of unbranched alkanes of at least 4 members (excludes halogenated alkanes) is 2. The number of carbonyl (C=O) groups is 1. The molecule has 1 aromatic heterocycles. The van der Waals surface area contributed by atoms with Gasteiger partial charge in [0.25, 0.3) is 5.91 Å². The van der Waals surface area contributed by atoms with Gasteiger partial charge >= 0.3 is 0 Å². The molecule has 0 bridgehead atoms. The summed E-state index contributed by atoms with van der Waals surface area (Å²) < 4.78 is 8.29. The SMILES string of the molecule is Cc1ccc(C(=O)NCCCCCc2nc3ccccc3n2CCCOc2cccc(C)c2)cc1. The third-order valence-electron chi connectivity index (χ3n) is 6.19. The number of para-hydroxylation sites is 2. The molecule has 3 aromatic carbocycles. The molecule has 0 saturated heterocycles. The number of ether oxygens (including phenoxy) is 1. The van der Waals surface area contributed by atoms with Crippen molar-refractivity contribution in [2.24, 2.45) is 0 Å². The van der Waals surface area contributed by atoms with Crippen molar-refractivity contribution in [3.63, 3.8) is 0 Å². The molecule has 0 unspecified atom stereocenters. The van der Waals surface area contributed by atoms with Crippen LogP contribution in [0.4, 0.5) is 0 Å². The van der Waals surface area contributed by atoms with Crippen LogP contribution in [-0.4, -0.2) is 28.6 Å². The maximum atomic E-state index is 12.3. The summed E-state index contributed by atoms with van der Waals surface area (Å²) in [5.74, 6) is 2.06. The zero-order valence-electron chi connectivity index (χ0n) is 20.8. The van der Waals surface area contributed by atoms with Crippen molar-refractivity contribution in [3.05, 3.63) is 95.3 Å². The molecular formula is C30H35N3O2. The number of nitrogens with zero attached hydrogens (tertiary/aromatic N) is 2. The zero-order chi connectivity index (χ0) is 24.5. The summed E-state index contributed by atoms with van der Waals surface area (Å²) in [7, 11) is 0. The van der Waals surface area contributed by atoms with Crippen LogP contribution in [0.15, 0.2) is 72.8 Å². The van der Waals surface area contributed by atoms with Crippen LogP contribution in [0.2, 0.25) is 0 Å². The summed E-state index contributed by atoms with van der Waals surface area (Å²) in [6, 6.07) is 24.2. The lowest BCUT2D eigenvalue weighted by Gasteiger charge is -2.11. The molecule has 0 aliphatic heterocycles. The van der Waals surface area contributed by atoms with Gasteiger partial charge in [-0.1, -0.05) is 48.4 Å². The zero-order valence-corrected chi connectivity index (χ0v) is 20.8. The molecule has 0 radical (unpaired) electrons. The smallest absolute Gasteiger partial charge is 0.251 e. The topological polar surface area (TPSA) is 56.2 Å². The molecule has 5 nitrogen and oxygen atoms in total. The number of hydrogen-bond acceptors (Lipinski definition) is 3. The Labute approximate surface area is 208 Å². The second kappa shape index (κ2) is 12.2. The van der Waals surface area contributed by atoms with E-state index in [0.29, 0.717) is 13.2 Å². The standard InChI is InChI=1S/C30H35N3O2/c1-23-15-17-25(18-16-23)30(34)31-19-7-3-4-14-29-32-27-12-5-6-13-28(27)33(29)20-9-21-35-26-11-8-10-24(2)22-26/h5-6,8,10-13,15-18,22H,3-4,7,9,14,19-21H2,1-2H3,(H,31,34).